The molecule has 0 fully saturated rings. The standard InChI is InChI=1S/C30H53NO6S3Si.C27H47NO5S3Si.U.V/c1-10-12-21-39-27(38)40-25(26(32)31-22-36-20-19-35-7)18-15-23-13-16-24(17-14-23)41(8,9)37-30(6,28(3,4)33)29(5,34)11-2;1-9-11-18-35-24(34)36-22(23(30)28-19-29)17-14-20-12-15-21(16-13-20)37(7,8)33-27(6,25(3,4)31)26(5,32)10-2;;/h13-14,16-17,25,33-34H,10-12,15,18-22H2,1-9H3,(H,31,32);12-13,15-16,22,29,31-32H,9-11,14,17-19H2,1-8H3,(H,28,30);;. The first-order valence-corrected chi connectivity index (χ1v) is 37.8. The number of carbonyl (C=O) groups is 2. The van der Waals surface area contributed by atoms with Gasteiger partial charge >= 0.3 is 0 Å². The number of thioether (sulfide) groups is 4. The molecule has 2 aromatic rings. The number of hydrogen-bond donors (Lipinski definition) is 7. The molecule has 0 spiro atoms. The molecule has 0 aliphatic rings. The van der Waals surface area contributed by atoms with Crippen molar-refractivity contribution in [3.63, 3.8) is 0 Å². The van der Waals surface area contributed by atoms with Crippen molar-refractivity contribution < 1.29 is 103 Å². The van der Waals surface area contributed by atoms with Crippen LogP contribution in [-0.2, 0) is 59.3 Å². The third-order valence-electron chi connectivity index (χ3n) is 14.9. The monoisotopic (exact) mass is 1530 g/mol. The first kappa shape index (κ1) is 82.7. The summed E-state index contributed by atoms with van der Waals surface area (Å²) in [6.07, 6.45) is 7.91. The van der Waals surface area contributed by atoms with E-state index in [0.29, 0.717) is 51.7 Å². The maximum Gasteiger partial charge on any atom is 0.235 e. The number of amides is 2. The van der Waals surface area contributed by atoms with Crippen LogP contribution in [-0.4, -0.2) is 150 Å². The number of aliphatic hydroxyl groups is 5. The smallest absolute Gasteiger partial charge is 0.235 e. The molecule has 13 nitrogen and oxygen atoms in total. The van der Waals surface area contributed by atoms with Gasteiger partial charge in [-0.2, -0.15) is 0 Å². The van der Waals surface area contributed by atoms with Crippen molar-refractivity contribution in [1.82, 2.24) is 10.6 Å². The Morgan fingerprint density at radius 1 is 0.613 bits per heavy atom. The molecule has 0 aliphatic carbocycles. The van der Waals surface area contributed by atoms with Gasteiger partial charge in [0, 0.05) is 56.8 Å². The summed E-state index contributed by atoms with van der Waals surface area (Å²) in [6, 6.07) is 16.5. The summed E-state index contributed by atoms with van der Waals surface area (Å²) < 4.78 is 25.3. The largest absolute Gasteiger partial charge is 0.402 e. The van der Waals surface area contributed by atoms with Crippen LogP contribution in [0.25, 0.3) is 0 Å². The fraction of sp³-hybridized carbons (Fsp3) is 0.719. The van der Waals surface area contributed by atoms with E-state index in [1.165, 1.54) is 23.5 Å². The summed E-state index contributed by atoms with van der Waals surface area (Å²) in [5.41, 5.74) is -5.07. The first-order chi connectivity index (χ1) is 36.1. The second-order valence-corrected chi connectivity index (χ2v) is 37.1. The molecule has 2 rings (SSSR count). The van der Waals surface area contributed by atoms with Gasteiger partial charge in [-0.05, 0) is 166 Å². The maximum atomic E-state index is 13.0. The minimum Gasteiger partial charge on any atom is -0.402 e. The van der Waals surface area contributed by atoms with Gasteiger partial charge in [0.05, 0.1) is 46.1 Å². The molecule has 23 heteroatoms. The number of nitrogens with one attached hydrogen (secondary N) is 2. The van der Waals surface area contributed by atoms with E-state index in [2.05, 4.69) is 74.9 Å². The van der Waals surface area contributed by atoms with Crippen LogP contribution in [0.15, 0.2) is 48.5 Å². The van der Waals surface area contributed by atoms with Crippen molar-refractivity contribution in [1.29, 1.82) is 0 Å². The number of benzene rings is 2. The number of aryl methyl sites for hydroxylation is 2. The number of methoxy groups -OCH3 is 1. The van der Waals surface area contributed by atoms with Crippen molar-refractivity contribution in [3.05, 3.63) is 59.7 Å². The van der Waals surface area contributed by atoms with Gasteiger partial charge < -0.3 is 54.5 Å². The van der Waals surface area contributed by atoms with Crippen LogP contribution in [0.4, 0.5) is 0 Å². The third kappa shape index (κ3) is 27.0. The summed E-state index contributed by atoms with van der Waals surface area (Å²) in [7, 11) is -3.44. The fourth-order valence-electron chi connectivity index (χ4n) is 8.37. The molecular weight excluding hydrogens is 1430 g/mol. The minimum atomic E-state index is -2.53. The average molecular weight is 1530 g/mol. The van der Waals surface area contributed by atoms with E-state index in [4.69, 9.17) is 47.9 Å². The Kier molecular flexibility index (Phi) is 40.2. The summed E-state index contributed by atoms with van der Waals surface area (Å²) in [6.45, 7) is 30.8. The second-order valence-electron chi connectivity index (χ2n) is 22.5. The topological polar surface area (TPSA) is 196 Å². The fourth-order valence-corrected chi connectivity index (χ4v) is 19.0. The summed E-state index contributed by atoms with van der Waals surface area (Å²) in [5.74, 6) is 1.61. The van der Waals surface area contributed by atoms with E-state index < -0.39 is 57.0 Å². The minimum absolute atomic E-state index is 0. The zero-order chi connectivity index (χ0) is 59.8. The molecule has 0 bridgehead atoms. The molecule has 80 heavy (non-hydrogen) atoms. The average Bonchev–Trinajstić information content (AvgIpc) is 3.35. The Hall–Kier alpha value is 0.670. The van der Waals surface area contributed by atoms with Crippen LogP contribution >= 0.6 is 71.5 Å². The molecule has 6 atom stereocenters. The number of aliphatic hydroxyl groups excluding tert-OH is 1. The Balaban J connectivity index is 0. The van der Waals surface area contributed by atoms with Gasteiger partial charge in [0.15, 0.2) is 0 Å². The van der Waals surface area contributed by atoms with Crippen molar-refractivity contribution >= 4 is 117 Å². The number of carbonyl (C=O) groups excluding carboxylic acids is 2. The predicted molar refractivity (Wildman–Crippen MR) is 346 cm³/mol. The number of unbranched alkanes of at least 4 members (excludes halogenated alkanes) is 2. The molecule has 0 aliphatic heterocycles. The van der Waals surface area contributed by atoms with Gasteiger partial charge in [0.25, 0.3) is 0 Å². The number of hydrogen-bond acceptors (Lipinski definition) is 17. The Bertz CT molecular complexity index is 2120. The van der Waals surface area contributed by atoms with Gasteiger partial charge in [0.1, 0.15) is 31.7 Å². The Morgan fingerprint density at radius 3 is 1.26 bits per heavy atom. The van der Waals surface area contributed by atoms with Gasteiger partial charge in [-0.25, -0.2) is 0 Å². The number of thiocarbonyl (C=S) groups is 2. The molecule has 2 aromatic carbocycles. The van der Waals surface area contributed by atoms with E-state index in [0.717, 1.165) is 65.7 Å². The third-order valence-corrected chi connectivity index (χ3v) is 26.1. The van der Waals surface area contributed by atoms with Crippen LogP contribution in [0.3, 0.4) is 0 Å². The van der Waals surface area contributed by atoms with Crippen LogP contribution < -0.4 is 21.0 Å². The van der Waals surface area contributed by atoms with E-state index in [1.807, 2.05) is 38.1 Å². The van der Waals surface area contributed by atoms with Gasteiger partial charge in [-0.1, -0.05) is 137 Å². The van der Waals surface area contributed by atoms with Crippen LogP contribution in [0, 0.1) is 31.1 Å². The maximum absolute atomic E-state index is 13.0. The molecule has 0 aromatic heterocycles. The number of ether oxygens (including phenoxy) is 2. The van der Waals surface area contributed by atoms with Crippen LogP contribution in [0.5, 0.6) is 0 Å². The van der Waals surface area contributed by atoms with Crippen molar-refractivity contribution in [2.45, 2.75) is 218 Å². The van der Waals surface area contributed by atoms with Crippen LogP contribution in [0.2, 0.25) is 26.2 Å². The Labute approximate surface area is 548 Å². The molecule has 1 radical (unpaired) electrons. The SMILES string of the molecule is CCCCSC(=S)SC(CCc1ccc([Si](C)(C)OC(C)(C(C)(C)O)C(C)(O)CC)cc1)C(=O)NCO.CCCCSC(=S)SC(CCc1ccc([Si](C)(C)OC(C)(C(C)(C)O)C(C)(O)CC)cc1)C(=O)NCOCCOC.[U].[V]. The molecule has 6 unspecified atom stereocenters. The second kappa shape index (κ2) is 38.8. The van der Waals surface area contributed by atoms with Crippen molar-refractivity contribution in [2.24, 2.45) is 0 Å². The van der Waals surface area contributed by atoms with Gasteiger partial charge in [-0.15, -0.1) is 23.5 Å². The molecule has 0 saturated carbocycles. The predicted octanol–water partition coefficient (Wildman–Crippen LogP) is 10.1. The van der Waals surface area contributed by atoms with E-state index >= 15 is 0 Å². The molecule has 0 saturated heterocycles. The van der Waals surface area contributed by atoms with Crippen molar-refractivity contribution in [3.8, 4) is 0 Å². The summed E-state index contributed by atoms with van der Waals surface area (Å²) in [4.78, 5) is 25.5. The zero-order valence-electron chi connectivity index (χ0n) is 51.2. The van der Waals surface area contributed by atoms with Crippen LogP contribution in [0.1, 0.15) is 146 Å². The Morgan fingerprint density at radius 2 is 0.963 bits per heavy atom. The molecule has 457 valence electrons. The van der Waals surface area contributed by atoms with Crippen molar-refractivity contribution in [2.75, 3.05) is 45.3 Å². The molecular formula is C57H100N2O11S6Si2UV. The molecule has 0 heterocycles. The van der Waals surface area contributed by atoms with E-state index in [1.54, 1.807) is 86.0 Å². The number of rotatable bonds is 34. The first-order valence-electron chi connectivity index (χ1n) is 27.5. The quantitative estimate of drug-likeness (QED) is 0.0151. The normalized spacial score (nSPS) is 15.9. The molecule has 2 amide bonds. The summed E-state index contributed by atoms with van der Waals surface area (Å²) in [5, 5.41) is 60.3. The molecule has 7 N–H and O–H groups in total. The van der Waals surface area contributed by atoms with Gasteiger partial charge in [0.2, 0.25) is 28.4 Å². The summed E-state index contributed by atoms with van der Waals surface area (Å²) >= 11 is 17.2. The van der Waals surface area contributed by atoms with Gasteiger partial charge in [-0.3, -0.25) is 9.59 Å². The zero-order valence-corrected chi connectivity index (χ0v) is 63.6. The van der Waals surface area contributed by atoms with E-state index in [-0.39, 0.29) is 78.7 Å². The van der Waals surface area contributed by atoms with E-state index in [9.17, 15) is 30.0 Å².